The van der Waals surface area contributed by atoms with Gasteiger partial charge in [0.1, 0.15) is 12.4 Å². The third-order valence-electron chi connectivity index (χ3n) is 5.96. The molecule has 2 amide bonds. The number of nitrogens with two attached hydrogens (primary N) is 1. The Kier molecular flexibility index (Phi) is 3.99. The molecule has 3 heterocycles. The average Bonchev–Trinajstić information content (AvgIpc) is 3.36. The molecule has 1 fully saturated rings. The number of benzene rings is 1. The first-order valence-corrected chi connectivity index (χ1v) is 9.86. The summed E-state index contributed by atoms with van der Waals surface area (Å²) < 4.78 is 21.9. The number of rotatable bonds is 2. The van der Waals surface area contributed by atoms with Crippen LogP contribution < -0.4 is 11.1 Å². The molecule has 29 heavy (non-hydrogen) atoms. The van der Waals surface area contributed by atoms with Crippen molar-refractivity contribution >= 4 is 35.1 Å². The number of nitrogens with one attached hydrogen (secondary N) is 1. The van der Waals surface area contributed by atoms with Gasteiger partial charge in [0, 0.05) is 18.5 Å². The van der Waals surface area contributed by atoms with Gasteiger partial charge in [-0.3, -0.25) is 10.1 Å². The molecule has 3 N–H and O–H groups in total. The Morgan fingerprint density at radius 2 is 2.24 bits per heavy atom. The normalized spacial score (nSPS) is 22.4. The van der Waals surface area contributed by atoms with Gasteiger partial charge in [-0.1, -0.05) is 11.6 Å². The molecule has 1 saturated heterocycles. The Balaban J connectivity index is 1.41. The number of aryl methyl sites for hydroxylation is 1. The molecule has 2 aliphatic heterocycles. The SMILES string of the molecule is Nc1c2c(nn1CC(=O)N1CC[C@@]3(C1)OC(=O)Nc1ccc(Cl)c(F)c13)CCC2. The second-order valence-corrected chi connectivity index (χ2v) is 8.09. The molecular weight excluding hydrogens is 401 g/mol. The van der Waals surface area contributed by atoms with Gasteiger partial charge in [0.25, 0.3) is 0 Å². The van der Waals surface area contributed by atoms with E-state index in [0.29, 0.717) is 18.1 Å². The van der Waals surface area contributed by atoms with Crippen LogP contribution in [0.2, 0.25) is 5.02 Å². The van der Waals surface area contributed by atoms with Crippen LogP contribution in [0.1, 0.15) is 29.7 Å². The molecule has 3 aliphatic rings. The molecule has 1 aliphatic carbocycles. The lowest BCUT2D eigenvalue weighted by Crippen LogP contribution is -2.44. The first kappa shape index (κ1) is 18.2. The Hall–Kier alpha value is -2.81. The van der Waals surface area contributed by atoms with Crippen LogP contribution in [0.4, 0.5) is 20.7 Å². The van der Waals surface area contributed by atoms with Gasteiger partial charge in [-0.2, -0.15) is 5.10 Å². The Morgan fingerprint density at radius 1 is 1.41 bits per heavy atom. The number of ether oxygens (including phenoxy) is 1. The smallest absolute Gasteiger partial charge is 0.412 e. The fourth-order valence-electron chi connectivity index (χ4n) is 4.56. The molecule has 0 radical (unpaired) electrons. The highest BCUT2D eigenvalue weighted by molar-refractivity contribution is 6.31. The molecule has 1 spiro atoms. The highest BCUT2D eigenvalue weighted by Gasteiger charge is 2.50. The summed E-state index contributed by atoms with van der Waals surface area (Å²) in [5, 5.41) is 6.89. The third-order valence-corrected chi connectivity index (χ3v) is 6.25. The molecule has 152 valence electrons. The van der Waals surface area contributed by atoms with Gasteiger partial charge in [-0.15, -0.1) is 0 Å². The summed E-state index contributed by atoms with van der Waals surface area (Å²) in [6.07, 6.45) is 2.37. The summed E-state index contributed by atoms with van der Waals surface area (Å²) in [7, 11) is 0. The van der Waals surface area contributed by atoms with Crippen molar-refractivity contribution in [2.75, 3.05) is 24.1 Å². The van der Waals surface area contributed by atoms with Gasteiger partial charge in [0.05, 0.1) is 28.5 Å². The summed E-state index contributed by atoms with van der Waals surface area (Å²) >= 11 is 5.95. The molecule has 10 heteroatoms. The minimum atomic E-state index is -1.26. The number of carbonyl (C=O) groups excluding carboxylic acids is 2. The summed E-state index contributed by atoms with van der Waals surface area (Å²) in [6.45, 7) is 0.356. The van der Waals surface area contributed by atoms with Crippen LogP contribution in [0.25, 0.3) is 0 Å². The third kappa shape index (κ3) is 2.75. The standard InChI is InChI=1S/C19H19ClFN5O3/c20-11-4-5-13-15(16(11)21)19(29-18(28)23-13)6-7-25(9-19)14(27)8-26-17(22)10-2-1-3-12(10)24-26/h4-5H,1-3,6-9,22H2,(H,23,28)/t19-/m0/s1. The maximum absolute atomic E-state index is 14.8. The lowest BCUT2D eigenvalue weighted by molar-refractivity contribution is -0.132. The second kappa shape index (κ2) is 6.35. The fraction of sp³-hybridized carbons (Fsp3) is 0.421. The highest BCUT2D eigenvalue weighted by Crippen LogP contribution is 2.45. The first-order valence-electron chi connectivity index (χ1n) is 9.48. The lowest BCUT2D eigenvalue weighted by atomic mass is 9.89. The predicted octanol–water partition coefficient (Wildman–Crippen LogP) is 2.44. The van der Waals surface area contributed by atoms with Crippen molar-refractivity contribution in [3.8, 4) is 0 Å². The summed E-state index contributed by atoms with van der Waals surface area (Å²) in [5.41, 5.74) is 7.34. The number of carbonyl (C=O) groups is 2. The number of aromatic nitrogens is 2. The van der Waals surface area contributed by atoms with Crippen LogP contribution in [0, 0.1) is 5.82 Å². The Morgan fingerprint density at radius 3 is 3.03 bits per heavy atom. The fourth-order valence-corrected chi connectivity index (χ4v) is 4.72. The molecule has 0 saturated carbocycles. The molecule has 8 nitrogen and oxygen atoms in total. The van der Waals surface area contributed by atoms with Crippen molar-refractivity contribution in [3.05, 3.63) is 39.8 Å². The zero-order valence-corrected chi connectivity index (χ0v) is 16.3. The van der Waals surface area contributed by atoms with Gasteiger partial charge in [0.2, 0.25) is 5.91 Å². The number of halogens is 2. The van der Waals surface area contributed by atoms with E-state index < -0.39 is 17.5 Å². The van der Waals surface area contributed by atoms with E-state index in [1.54, 1.807) is 11.0 Å². The van der Waals surface area contributed by atoms with Crippen LogP contribution in [-0.2, 0) is 34.5 Å². The summed E-state index contributed by atoms with van der Waals surface area (Å²) in [6, 6.07) is 2.92. The number of anilines is 2. The quantitative estimate of drug-likeness (QED) is 0.778. The van der Waals surface area contributed by atoms with Crippen LogP contribution in [0.3, 0.4) is 0 Å². The van der Waals surface area contributed by atoms with Crippen molar-refractivity contribution in [2.45, 2.75) is 37.8 Å². The van der Waals surface area contributed by atoms with Crippen molar-refractivity contribution in [1.82, 2.24) is 14.7 Å². The van der Waals surface area contributed by atoms with Crippen LogP contribution in [-0.4, -0.2) is 39.8 Å². The Bertz CT molecular complexity index is 1050. The zero-order chi connectivity index (χ0) is 20.3. The lowest BCUT2D eigenvalue weighted by Gasteiger charge is -2.35. The number of nitrogens with zero attached hydrogens (tertiary/aromatic N) is 3. The van der Waals surface area contributed by atoms with E-state index in [1.165, 1.54) is 10.7 Å². The molecule has 1 aromatic carbocycles. The first-order chi connectivity index (χ1) is 13.9. The monoisotopic (exact) mass is 419 g/mol. The highest BCUT2D eigenvalue weighted by atomic mass is 35.5. The predicted molar refractivity (Wildman–Crippen MR) is 103 cm³/mol. The topological polar surface area (TPSA) is 102 Å². The van der Waals surface area contributed by atoms with Gasteiger partial charge in [0.15, 0.2) is 11.4 Å². The van der Waals surface area contributed by atoms with E-state index in [1.807, 2.05) is 0 Å². The van der Waals surface area contributed by atoms with Crippen molar-refractivity contribution < 1.29 is 18.7 Å². The average molecular weight is 420 g/mol. The second-order valence-electron chi connectivity index (χ2n) is 7.68. The number of amides is 2. The Labute approximate surface area is 170 Å². The number of nitrogen functional groups attached to an aromatic ring is 1. The van der Waals surface area contributed by atoms with E-state index in [4.69, 9.17) is 22.1 Å². The molecule has 1 atom stereocenters. The zero-order valence-electron chi connectivity index (χ0n) is 15.5. The van der Waals surface area contributed by atoms with E-state index in [0.717, 1.165) is 30.5 Å². The van der Waals surface area contributed by atoms with Crippen molar-refractivity contribution in [3.63, 3.8) is 0 Å². The molecule has 2 aromatic rings. The minimum absolute atomic E-state index is 0.00794. The molecule has 5 rings (SSSR count). The van der Waals surface area contributed by atoms with Crippen LogP contribution in [0.5, 0.6) is 0 Å². The number of likely N-dealkylation sites (tertiary alicyclic amines) is 1. The minimum Gasteiger partial charge on any atom is -0.436 e. The summed E-state index contributed by atoms with van der Waals surface area (Å²) in [4.78, 5) is 26.5. The van der Waals surface area contributed by atoms with Crippen LogP contribution >= 0.6 is 11.6 Å². The van der Waals surface area contributed by atoms with E-state index in [-0.39, 0.29) is 36.0 Å². The van der Waals surface area contributed by atoms with E-state index in [9.17, 15) is 14.0 Å². The molecule has 0 unspecified atom stereocenters. The van der Waals surface area contributed by atoms with E-state index >= 15 is 0 Å². The molecule has 0 bridgehead atoms. The maximum Gasteiger partial charge on any atom is 0.412 e. The van der Waals surface area contributed by atoms with Gasteiger partial charge >= 0.3 is 6.09 Å². The van der Waals surface area contributed by atoms with Crippen molar-refractivity contribution in [1.29, 1.82) is 0 Å². The molecule has 1 aromatic heterocycles. The number of hydrogen-bond acceptors (Lipinski definition) is 5. The summed E-state index contributed by atoms with van der Waals surface area (Å²) in [5.74, 6) is -0.337. The number of hydrogen-bond donors (Lipinski definition) is 2. The van der Waals surface area contributed by atoms with Crippen LogP contribution in [0.15, 0.2) is 12.1 Å². The molecular formula is C19H19ClFN5O3. The van der Waals surface area contributed by atoms with Crippen molar-refractivity contribution in [2.24, 2.45) is 0 Å². The largest absolute Gasteiger partial charge is 0.436 e. The maximum atomic E-state index is 14.8. The number of fused-ring (bicyclic) bond motifs is 3. The van der Waals surface area contributed by atoms with Gasteiger partial charge in [-0.25, -0.2) is 13.9 Å². The van der Waals surface area contributed by atoms with Gasteiger partial charge < -0.3 is 15.4 Å². The van der Waals surface area contributed by atoms with E-state index in [2.05, 4.69) is 10.4 Å². The van der Waals surface area contributed by atoms with Gasteiger partial charge in [-0.05, 0) is 31.4 Å².